The van der Waals surface area contributed by atoms with E-state index in [1.165, 1.54) is 12.4 Å². The third kappa shape index (κ3) is 3.75. The second-order valence-corrected chi connectivity index (χ2v) is 4.80. The van der Waals surface area contributed by atoms with E-state index in [4.69, 9.17) is 4.74 Å². The number of benzene rings is 1. The van der Waals surface area contributed by atoms with Gasteiger partial charge in [-0.15, -0.1) is 0 Å². The monoisotopic (exact) mass is 363 g/mol. The molecule has 1 heterocycles. The van der Waals surface area contributed by atoms with Gasteiger partial charge < -0.3 is 4.74 Å². The molecule has 0 amide bonds. The number of hydrogen-bond donors (Lipinski definition) is 0. The fraction of sp³-hybridized carbons (Fsp3) is 0.385. The number of hydrogen-bond acceptors (Lipinski definition) is 3. The number of aromatic nitrogens is 3. The zero-order valence-electron chi connectivity index (χ0n) is 11.2. The Morgan fingerprint density at radius 1 is 1.33 bits per heavy atom. The first-order valence-corrected chi connectivity index (χ1v) is 7.33. The van der Waals surface area contributed by atoms with Crippen LogP contribution in [0.3, 0.4) is 0 Å². The number of nitrogens with zero attached hydrogens (tertiary/aromatic N) is 3. The molecule has 0 spiro atoms. The highest BCUT2D eigenvalue weighted by molar-refractivity contribution is 9.08. The molecule has 21 heavy (non-hydrogen) atoms. The molecule has 0 aliphatic heterocycles. The molecule has 114 valence electrons. The highest BCUT2D eigenvalue weighted by Gasteiger charge is 2.34. The Hall–Kier alpha value is -1.57. The maximum Gasteiger partial charge on any atom is 0.419 e. The van der Waals surface area contributed by atoms with Gasteiger partial charge in [-0.1, -0.05) is 22.0 Å². The summed E-state index contributed by atoms with van der Waals surface area (Å²) in [5.74, 6) is 0.271. The minimum atomic E-state index is -4.47. The smallest absolute Gasteiger partial charge is 0.419 e. The number of rotatable bonds is 5. The van der Waals surface area contributed by atoms with Crippen molar-refractivity contribution in [2.24, 2.45) is 0 Å². The second-order valence-electron chi connectivity index (χ2n) is 4.24. The molecule has 2 rings (SSSR count). The summed E-state index contributed by atoms with van der Waals surface area (Å²) in [5, 5.41) is 4.29. The largest absolute Gasteiger partial charge is 0.485 e. The van der Waals surface area contributed by atoms with E-state index in [9.17, 15) is 13.2 Å². The number of ether oxygens (including phenoxy) is 1. The molecule has 1 aromatic heterocycles. The average molecular weight is 364 g/mol. The number of halogens is 4. The van der Waals surface area contributed by atoms with E-state index in [-0.39, 0.29) is 12.4 Å². The van der Waals surface area contributed by atoms with Crippen molar-refractivity contribution in [3.05, 3.63) is 41.5 Å². The summed E-state index contributed by atoms with van der Waals surface area (Å²) in [5.41, 5.74) is -0.256. The molecule has 4 nitrogen and oxygen atoms in total. The van der Waals surface area contributed by atoms with E-state index in [2.05, 4.69) is 26.0 Å². The fourth-order valence-electron chi connectivity index (χ4n) is 1.81. The Kier molecular flexibility index (Phi) is 4.87. The van der Waals surface area contributed by atoms with Crippen LogP contribution in [0.5, 0.6) is 5.75 Å². The lowest BCUT2D eigenvalue weighted by molar-refractivity contribution is -0.139. The van der Waals surface area contributed by atoms with Crippen LogP contribution in [0.1, 0.15) is 23.9 Å². The van der Waals surface area contributed by atoms with Gasteiger partial charge in [-0.3, -0.25) is 0 Å². The molecule has 0 N–H and O–H groups in total. The normalized spacial score (nSPS) is 11.7. The highest BCUT2D eigenvalue weighted by Crippen LogP contribution is 2.37. The zero-order valence-corrected chi connectivity index (χ0v) is 12.8. The van der Waals surface area contributed by atoms with Gasteiger partial charge in [0.25, 0.3) is 0 Å². The van der Waals surface area contributed by atoms with Crippen LogP contribution in [0.2, 0.25) is 0 Å². The number of alkyl halides is 4. The fourth-order valence-corrected chi connectivity index (χ4v) is 2.16. The maximum atomic E-state index is 13.0. The van der Waals surface area contributed by atoms with Crippen LogP contribution in [0, 0.1) is 0 Å². The SMILES string of the molecule is CCn1ncnc1COc1ccc(CBr)cc1C(F)(F)F. The zero-order chi connectivity index (χ0) is 15.5. The predicted molar refractivity (Wildman–Crippen MR) is 74.1 cm³/mol. The molecule has 0 aliphatic carbocycles. The molecule has 1 aromatic carbocycles. The Labute approximate surface area is 128 Å². The van der Waals surface area contributed by atoms with Crippen LogP contribution < -0.4 is 4.74 Å². The predicted octanol–water partition coefficient (Wildman–Crippen LogP) is 3.79. The van der Waals surface area contributed by atoms with Crippen molar-refractivity contribution in [3.63, 3.8) is 0 Å². The summed E-state index contributed by atoms with van der Waals surface area (Å²) in [6.45, 7) is 2.38. The summed E-state index contributed by atoms with van der Waals surface area (Å²) in [7, 11) is 0. The van der Waals surface area contributed by atoms with Crippen molar-refractivity contribution >= 4 is 15.9 Å². The van der Waals surface area contributed by atoms with E-state index in [1.807, 2.05) is 6.92 Å². The molecular weight excluding hydrogens is 351 g/mol. The summed E-state index contributed by atoms with van der Waals surface area (Å²) < 4.78 is 46.0. The molecule has 0 unspecified atom stereocenters. The molecule has 2 aromatic rings. The lowest BCUT2D eigenvalue weighted by Crippen LogP contribution is -2.12. The first-order chi connectivity index (χ1) is 9.95. The summed E-state index contributed by atoms with van der Waals surface area (Å²) in [6.07, 6.45) is -3.12. The van der Waals surface area contributed by atoms with Gasteiger partial charge in [-0.05, 0) is 24.6 Å². The van der Waals surface area contributed by atoms with Gasteiger partial charge in [-0.25, -0.2) is 9.67 Å². The van der Waals surface area contributed by atoms with Gasteiger partial charge in [-0.2, -0.15) is 18.3 Å². The van der Waals surface area contributed by atoms with Crippen molar-refractivity contribution in [2.45, 2.75) is 31.6 Å². The van der Waals surface area contributed by atoms with Crippen LogP contribution in [0.4, 0.5) is 13.2 Å². The van der Waals surface area contributed by atoms with Gasteiger partial charge in [0.15, 0.2) is 5.82 Å². The molecule has 0 saturated heterocycles. The molecule has 0 fully saturated rings. The summed E-state index contributed by atoms with van der Waals surface area (Å²) >= 11 is 3.14. The Balaban J connectivity index is 2.23. The second kappa shape index (κ2) is 6.46. The van der Waals surface area contributed by atoms with Crippen LogP contribution in [0.15, 0.2) is 24.5 Å². The van der Waals surface area contributed by atoms with E-state index < -0.39 is 11.7 Å². The summed E-state index contributed by atoms with van der Waals surface area (Å²) in [4.78, 5) is 3.97. The van der Waals surface area contributed by atoms with Crippen molar-refractivity contribution in [1.82, 2.24) is 14.8 Å². The lowest BCUT2D eigenvalue weighted by atomic mass is 10.1. The number of aryl methyl sites for hydroxylation is 1. The average Bonchev–Trinajstić information content (AvgIpc) is 2.91. The van der Waals surface area contributed by atoms with Crippen molar-refractivity contribution in [3.8, 4) is 5.75 Å². The van der Waals surface area contributed by atoms with Crippen LogP contribution in [0.25, 0.3) is 0 Å². The van der Waals surface area contributed by atoms with Crippen molar-refractivity contribution in [1.29, 1.82) is 0 Å². The lowest BCUT2D eigenvalue weighted by Gasteiger charge is -2.15. The Morgan fingerprint density at radius 2 is 2.10 bits per heavy atom. The van der Waals surface area contributed by atoms with E-state index >= 15 is 0 Å². The minimum Gasteiger partial charge on any atom is -0.485 e. The molecule has 0 bridgehead atoms. The van der Waals surface area contributed by atoms with E-state index in [0.29, 0.717) is 23.3 Å². The van der Waals surface area contributed by atoms with Gasteiger partial charge >= 0.3 is 6.18 Å². The molecule has 0 aliphatic rings. The van der Waals surface area contributed by atoms with Crippen LogP contribution in [-0.4, -0.2) is 14.8 Å². The van der Waals surface area contributed by atoms with Gasteiger partial charge in [0.1, 0.15) is 18.7 Å². The Morgan fingerprint density at radius 3 is 2.71 bits per heavy atom. The van der Waals surface area contributed by atoms with Gasteiger partial charge in [0, 0.05) is 11.9 Å². The molecule has 0 atom stereocenters. The Bertz CT molecular complexity index is 613. The maximum absolute atomic E-state index is 13.0. The van der Waals surface area contributed by atoms with E-state index in [1.54, 1.807) is 10.7 Å². The molecular formula is C13H13BrF3N3O. The topological polar surface area (TPSA) is 39.9 Å². The van der Waals surface area contributed by atoms with Crippen molar-refractivity contribution < 1.29 is 17.9 Å². The quantitative estimate of drug-likeness (QED) is 0.758. The third-order valence-corrected chi connectivity index (χ3v) is 3.50. The summed E-state index contributed by atoms with van der Waals surface area (Å²) in [6, 6.07) is 3.99. The molecule has 0 saturated carbocycles. The first kappa shape index (κ1) is 15.8. The molecule has 8 heteroatoms. The standard InChI is InChI=1S/C13H13BrF3N3O/c1-2-20-12(18-8-19-20)7-21-11-4-3-9(6-14)5-10(11)13(15,16)17/h3-5,8H,2,6-7H2,1H3. The highest BCUT2D eigenvalue weighted by atomic mass is 79.9. The minimum absolute atomic E-state index is 0.0649. The van der Waals surface area contributed by atoms with Crippen molar-refractivity contribution in [2.75, 3.05) is 0 Å². The van der Waals surface area contributed by atoms with Crippen LogP contribution >= 0.6 is 15.9 Å². The first-order valence-electron chi connectivity index (χ1n) is 6.21. The molecule has 0 radical (unpaired) electrons. The van der Waals surface area contributed by atoms with Gasteiger partial charge in [0.05, 0.1) is 5.56 Å². The van der Waals surface area contributed by atoms with Crippen LogP contribution in [-0.2, 0) is 24.7 Å². The van der Waals surface area contributed by atoms with E-state index in [0.717, 1.165) is 6.07 Å². The van der Waals surface area contributed by atoms with Gasteiger partial charge in [0.2, 0.25) is 0 Å². The third-order valence-electron chi connectivity index (χ3n) is 2.86.